The van der Waals surface area contributed by atoms with Crippen LogP contribution in [-0.2, 0) is 17.1 Å². The fraction of sp³-hybridized carbons (Fsp3) is 0.222. The number of nitrogens with zero attached hydrogens (tertiary/aromatic N) is 2. The molecule has 13 heteroatoms. The maximum Gasteiger partial charge on any atom is 0.276 e. The number of ether oxygens (including phenoxy) is 1. The molecule has 0 saturated heterocycles. The Morgan fingerprint density at radius 1 is 1.48 bits per heavy atom. The number of sulfonamides is 1. The van der Waals surface area contributed by atoms with E-state index in [4.69, 9.17) is 10.00 Å². The smallest absolute Gasteiger partial charge is 0.276 e. The number of carbonyl (C=O) groups is 1. The maximum absolute atomic E-state index is 13.5. The van der Waals surface area contributed by atoms with Crippen LogP contribution in [0.4, 0.5) is 18.9 Å². The second-order valence-corrected chi connectivity index (χ2v) is 8.21. The molecule has 0 fully saturated rings. The molecular weight excluding hydrogens is 441 g/mol. The van der Waals surface area contributed by atoms with Gasteiger partial charge in [0.2, 0.25) is 10.0 Å². The average Bonchev–Trinajstić information content (AvgIpc) is 2.96. The Balaban J connectivity index is 1.95. The number of nitrogens with one attached hydrogen (secondary N) is 2. The molecule has 2 unspecified atom stereocenters. The van der Waals surface area contributed by atoms with Crippen molar-refractivity contribution >= 4 is 21.6 Å². The predicted octanol–water partition coefficient (Wildman–Crippen LogP) is 1.47. The minimum Gasteiger partial charge on any atom is -0.488 e. The topological polar surface area (TPSA) is 133 Å². The third-order valence-corrected chi connectivity index (χ3v) is 5.86. The van der Waals surface area contributed by atoms with Crippen molar-refractivity contribution in [2.24, 2.45) is 7.05 Å². The first-order valence-electron chi connectivity index (χ1n) is 8.60. The van der Waals surface area contributed by atoms with E-state index in [2.05, 4.69) is 10.0 Å². The van der Waals surface area contributed by atoms with Crippen LogP contribution in [0.1, 0.15) is 16.1 Å². The molecule has 1 amide bonds. The molecule has 0 bridgehead atoms. The van der Waals surface area contributed by atoms with E-state index in [9.17, 15) is 31.5 Å². The van der Waals surface area contributed by atoms with E-state index < -0.39 is 51.5 Å². The van der Waals surface area contributed by atoms with Gasteiger partial charge in [-0.3, -0.25) is 4.79 Å². The first-order chi connectivity index (χ1) is 14.5. The Morgan fingerprint density at radius 2 is 2.19 bits per heavy atom. The number of hydrogen-bond acceptors (Lipinski definition) is 6. The summed E-state index contributed by atoms with van der Waals surface area (Å²) in [6.45, 7) is -0.545. The largest absolute Gasteiger partial charge is 0.488 e. The summed E-state index contributed by atoms with van der Waals surface area (Å²) >= 11 is 0. The van der Waals surface area contributed by atoms with Gasteiger partial charge in [-0.2, -0.15) is 14.0 Å². The van der Waals surface area contributed by atoms with E-state index >= 15 is 0 Å². The third kappa shape index (κ3) is 4.55. The molecule has 9 nitrogen and oxygen atoms in total. The molecule has 1 aromatic carbocycles. The van der Waals surface area contributed by atoms with Gasteiger partial charge < -0.3 is 19.7 Å². The average molecular weight is 456 g/mol. The molecule has 3 N–H and O–H groups in total. The number of carbonyl (C=O) groups excluding carboxylic acids is 1. The highest BCUT2D eigenvalue weighted by Gasteiger charge is 2.36. The highest BCUT2D eigenvalue weighted by molar-refractivity contribution is 7.89. The number of anilines is 1. The summed E-state index contributed by atoms with van der Waals surface area (Å²) < 4.78 is 72.2. The number of nitriles is 1. The van der Waals surface area contributed by atoms with Gasteiger partial charge in [-0.25, -0.2) is 17.5 Å². The molecule has 3 rings (SSSR count). The lowest BCUT2D eigenvalue weighted by atomic mass is 10.2. The van der Waals surface area contributed by atoms with Gasteiger partial charge in [0.25, 0.3) is 12.0 Å². The van der Waals surface area contributed by atoms with E-state index in [1.807, 2.05) is 0 Å². The number of benzene rings is 1. The summed E-state index contributed by atoms with van der Waals surface area (Å²) in [5, 5.41) is 21.1. The third-order valence-electron chi connectivity index (χ3n) is 4.37. The molecule has 0 spiro atoms. The minimum absolute atomic E-state index is 0.0735. The van der Waals surface area contributed by atoms with Crippen molar-refractivity contribution in [3.8, 4) is 11.8 Å². The predicted molar refractivity (Wildman–Crippen MR) is 100 cm³/mol. The normalized spacial score (nSPS) is 18.0. The summed E-state index contributed by atoms with van der Waals surface area (Å²) in [6, 6.07) is 3.48. The zero-order valence-corrected chi connectivity index (χ0v) is 16.6. The van der Waals surface area contributed by atoms with Crippen LogP contribution in [0.2, 0.25) is 0 Å². The summed E-state index contributed by atoms with van der Waals surface area (Å²) in [5.41, 5.74) is -0.466. The van der Waals surface area contributed by atoms with Gasteiger partial charge >= 0.3 is 0 Å². The lowest BCUT2D eigenvalue weighted by Crippen LogP contribution is -2.44. The summed E-state index contributed by atoms with van der Waals surface area (Å²) in [4.78, 5) is 12.3. The molecular formula is C18H15F3N4O5S. The zero-order valence-electron chi connectivity index (χ0n) is 15.8. The van der Waals surface area contributed by atoms with Crippen LogP contribution in [0.15, 0.2) is 41.4 Å². The standard InChI is InChI=1S/C18H15F3N4O5S/c1-25-7-14-17(30-8-12(24-31(14,28)29)13(26)5-15(20)21)16(25)18(27)23-10-2-3-11(19)9(4-10)6-22/h2-5,7,12-13,24,26H,8H2,1H3,(H,23,27). The first-order valence-corrected chi connectivity index (χ1v) is 10.1. The van der Waals surface area contributed by atoms with Crippen LogP contribution >= 0.6 is 0 Å². The van der Waals surface area contributed by atoms with Crippen LogP contribution in [0, 0.1) is 17.1 Å². The Morgan fingerprint density at radius 3 is 2.84 bits per heavy atom. The molecule has 1 aliphatic rings. The number of hydrogen-bond donors (Lipinski definition) is 3. The van der Waals surface area contributed by atoms with E-state index in [-0.39, 0.29) is 28.8 Å². The van der Waals surface area contributed by atoms with E-state index in [0.717, 1.165) is 18.3 Å². The summed E-state index contributed by atoms with van der Waals surface area (Å²) in [6.07, 6.45) is -2.83. The van der Waals surface area contributed by atoms with Gasteiger partial charge in [0, 0.05) is 25.0 Å². The van der Waals surface area contributed by atoms with Crippen LogP contribution in [0.3, 0.4) is 0 Å². The molecule has 2 atom stereocenters. The summed E-state index contributed by atoms with van der Waals surface area (Å²) in [5.74, 6) is -1.96. The van der Waals surface area contributed by atoms with Crippen LogP contribution in [0.25, 0.3) is 0 Å². The van der Waals surface area contributed by atoms with Gasteiger partial charge in [-0.05, 0) is 18.2 Å². The Kier molecular flexibility index (Phi) is 6.07. The van der Waals surface area contributed by atoms with Crippen molar-refractivity contribution in [1.82, 2.24) is 9.29 Å². The number of aromatic nitrogens is 1. The van der Waals surface area contributed by atoms with Gasteiger partial charge in [-0.1, -0.05) is 0 Å². The SMILES string of the molecule is Cn1cc2c(c1C(=O)Nc1ccc(F)c(C#N)c1)OCC(C(O)C=C(F)F)NS2(=O)=O. The van der Waals surface area contributed by atoms with E-state index in [1.54, 1.807) is 6.07 Å². The van der Waals surface area contributed by atoms with Crippen molar-refractivity contribution in [3.63, 3.8) is 0 Å². The van der Waals surface area contributed by atoms with Crippen molar-refractivity contribution in [3.05, 3.63) is 53.6 Å². The number of aliphatic hydroxyl groups excluding tert-OH is 1. The van der Waals surface area contributed by atoms with Crippen LogP contribution in [-0.4, -0.2) is 42.8 Å². The Labute approximate surface area is 174 Å². The number of halogens is 3. The molecule has 1 aliphatic heterocycles. The van der Waals surface area contributed by atoms with Crippen molar-refractivity contribution in [2.75, 3.05) is 11.9 Å². The lowest BCUT2D eigenvalue weighted by molar-refractivity contribution is 0.101. The molecule has 31 heavy (non-hydrogen) atoms. The molecule has 2 aromatic rings. The number of rotatable bonds is 4. The highest BCUT2D eigenvalue weighted by atomic mass is 32.2. The molecule has 0 saturated carbocycles. The molecule has 164 valence electrons. The van der Waals surface area contributed by atoms with Crippen LogP contribution in [0.5, 0.6) is 5.75 Å². The van der Waals surface area contributed by atoms with Gasteiger partial charge in [-0.15, -0.1) is 0 Å². The van der Waals surface area contributed by atoms with Gasteiger partial charge in [0.15, 0.2) is 11.4 Å². The Bertz CT molecular complexity index is 1220. The second-order valence-electron chi connectivity index (χ2n) is 6.53. The van der Waals surface area contributed by atoms with Crippen LogP contribution < -0.4 is 14.8 Å². The van der Waals surface area contributed by atoms with Crippen molar-refractivity contribution in [2.45, 2.75) is 17.0 Å². The monoisotopic (exact) mass is 456 g/mol. The molecule has 2 heterocycles. The molecule has 0 aliphatic carbocycles. The maximum atomic E-state index is 13.5. The van der Waals surface area contributed by atoms with E-state index in [0.29, 0.717) is 0 Å². The van der Waals surface area contributed by atoms with E-state index in [1.165, 1.54) is 17.7 Å². The number of aliphatic hydroxyl groups is 1. The second kappa shape index (κ2) is 8.42. The number of aryl methyl sites for hydroxylation is 1. The fourth-order valence-electron chi connectivity index (χ4n) is 2.93. The summed E-state index contributed by atoms with van der Waals surface area (Å²) in [7, 11) is -2.96. The first kappa shape index (κ1) is 22.3. The van der Waals surface area contributed by atoms with Crippen molar-refractivity contribution < 1.29 is 36.2 Å². The fourth-order valence-corrected chi connectivity index (χ4v) is 4.36. The van der Waals surface area contributed by atoms with Crippen molar-refractivity contribution in [1.29, 1.82) is 5.26 Å². The highest BCUT2D eigenvalue weighted by Crippen LogP contribution is 2.33. The minimum atomic E-state index is -4.34. The lowest BCUT2D eigenvalue weighted by Gasteiger charge is -2.18. The quantitative estimate of drug-likeness (QED) is 0.638. The Hall–Kier alpha value is -3.34. The number of fused-ring (bicyclic) bond motifs is 1. The number of amides is 1. The molecule has 0 radical (unpaired) electrons. The van der Waals surface area contributed by atoms with Gasteiger partial charge in [0.05, 0.1) is 17.7 Å². The zero-order chi connectivity index (χ0) is 22.9. The molecule has 1 aromatic heterocycles. The van der Waals surface area contributed by atoms with Gasteiger partial charge in [0.1, 0.15) is 23.4 Å².